The zero-order chi connectivity index (χ0) is 20.2. The molecule has 156 valence electrons. The van der Waals surface area contributed by atoms with Crippen LogP contribution in [0.4, 0.5) is 0 Å². The van der Waals surface area contributed by atoms with E-state index < -0.39 is 0 Å². The second kappa shape index (κ2) is 9.05. The Labute approximate surface area is 172 Å². The van der Waals surface area contributed by atoms with Crippen LogP contribution >= 0.6 is 0 Å². The van der Waals surface area contributed by atoms with E-state index in [1.165, 1.54) is 5.56 Å². The van der Waals surface area contributed by atoms with Gasteiger partial charge >= 0.3 is 0 Å². The lowest BCUT2D eigenvalue weighted by Crippen LogP contribution is -2.50. The monoisotopic (exact) mass is 397 g/mol. The van der Waals surface area contributed by atoms with Gasteiger partial charge in [-0.1, -0.05) is 49.3 Å². The fourth-order valence-corrected chi connectivity index (χ4v) is 4.20. The Morgan fingerprint density at radius 2 is 1.90 bits per heavy atom. The van der Waals surface area contributed by atoms with Crippen LogP contribution in [-0.4, -0.2) is 70.0 Å². The number of carbonyl (C=O) groups is 1. The lowest BCUT2D eigenvalue weighted by atomic mass is 10.2. The predicted octanol–water partition coefficient (Wildman–Crippen LogP) is 2.67. The van der Waals surface area contributed by atoms with Gasteiger partial charge in [0.15, 0.2) is 5.82 Å². The maximum absolute atomic E-state index is 12.9. The van der Waals surface area contributed by atoms with Gasteiger partial charge in [0, 0.05) is 38.6 Å². The molecule has 2 saturated heterocycles. The molecule has 2 fully saturated rings. The minimum atomic E-state index is 0.0922. The summed E-state index contributed by atoms with van der Waals surface area (Å²) in [6.45, 7) is 9.83. The third-order valence-corrected chi connectivity index (χ3v) is 5.93. The first-order chi connectivity index (χ1) is 14.1. The highest BCUT2D eigenvalue weighted by atomic mass is 16.5. The second-order valence-corrected chi connectivity index (χ2v) is 8.42. The summed E-state index contributed by atoms with van der Waals surface area (Å²) in [5, 5.41) is 4.18. The first-order valence-corrected chi connectivity index (χ1v) is 10.7. The fourth-order valence-electron chi connectivity index (χ4n) is 4.20. The van der Waals surface area contributed by atoms with Crippen molar-refractivity contribution in [2.45, 2.75) is 45.2 Å². The third kappa shape index (κ3) is 4.85. The Hall–Kier alpha value is -2.25. The standard InChI is InChI=1S/C22H31N5O2/c1-17(2)22-23-21(24-29-22)19-9-6-10-27(19)16-20(28)26-13-11-25(12-14-26)15-18-7-4-3-5-8-18/h3-5,7-8,17,19H,6,9-16H2,1-2H3. The molecule has 29 heavy (non-hydrogen) atoms. The van der Waals surface area contributed by atoms with E-state index in [0.29, 0.717) is 12.4 Å². The highest BCUT2D eigenvalue weighted by molar-refractivity contribution is 5.78. The molecule has 2 aromatic rings. The van der Waals surface area contributed by atoms with E-state index in [2.05, 4.69) is 44.2 Å². The predicted molar refractivity (Wildman–Crippen MR) is 110 cm³/mol. The molecule has 0 aliphatic carbocycles. The van der Waals surface area contributed by atoms with Gasteiger partial charge in [0.05, 0.1) is 12.6 Å². The third-order valence-electron chi connectivity index (χ3n) is 5.93. The molecule has 0 saturated carbocycles. The van der Waals surface area contributed by atoms with Crippen LogP contribution in [0, 0.1) is 0 Å². The van der Waals surface area contributed by atoms with E-state index in [9.17, 15) is 4.79 Å². The summed E-state index contributed by atoms with van der Waals surface area (Å²) >= 11 is 0. The molecular weight excluding hydrogens is 366 g/mol. The lowest BCUT2D eigenvalue weighted by Gasteiger charge is -2.36. The number of carbonyl (C=O) groups excluding carboxylic acids is 1. The largest absolute Gasteiger partial charge is 0.339 e. The number of benzene rings is 1. The van der Waals surface area contributed by atoms with Crippen molar-refractivity contribution < 1.29 is 9.32 Å². The smallest absolute Gasteiger partial charge is 0.236 e. The zero-order valence-electron chi connectivity index (χ0n) is 17.5. The van der Waals surface area contributed by atoms with Crippen LogP contribution in [0.1, 0.15) is 55.9 Å². The molecule has 2 aliphatic rings. The van der Waals surface area contributed by atoms with Gasteiger partial charge in [0.2, 0.25) is 11.8 Å². The summed E-state index contributed by atoms with van der Waals surface area (Å²) in [6, 6.07) is 10.6. The molecule has 3 heterocycles. The highest BCUT2D eigenvalue weighted by Crippen LogP contribution is 2.30. The van der Waals surface area contributed by atoms with E-state index in [1.54, 1.807) is 0 Å². The number of amides is 1. The quantitative estimate of drug-likeness (QED) is 0.747. The van der Waals surface area contributed by atoms with Crippen molar-refractivity contribution in [2.75, 3.05) is 39.3 Å². The summed E-state index contributed by atoms with van der Waals surface area (Å²) in [5.41, 5.74) is 1.33. The number of aromatic nitrogens is 2. The lowest BCUT2D eigenvalue weighted by molar-refractivity contribution is -0.134. The normalized spacial score (nSPS) is 21.2. The van der Waals surface area contributed by atoms with Crippen LogP contribution in [0.2, 0.25) is 0 Å². The molecule has 1 amide bonds. The summed E-state index contributed by atoms with van der Waals surface area (Å²) in [6.07, 6.45) is 2.05. The maximum Gasteiger partial charge on any atom is 0.236 e. The number of likely N-dealkylation sites (tertiary alicyclic amines) is 1. The van der Waals surface area contributed by atoms with Crippen LogP contribution in [0.25, 0.3) is 0 Å². The molecule has 0 bridgehead atoms. The molecule has 2 aliphatic heterocycles. The Balaban J connectivity index is 1.29. The first-order valence-electron chi connectivity index (χ1n) is 10.7. The van der Waals surface area contributed by atoms with Crippen molar-refractivity contribution in [2.24, 2.45) is 0 Å². The molecule has 0 N–H and O–H groups in total. The van der Waals surface area contributed by atoms with Gasteiger partial charge in [-0.2, -0.15) is 4.98 Å². The minimum Gasteiger partial charge on any atom is -0.339 e. The Morgan fingerprint density at radius 3 is 2.59 bits per heavy atom. The van der Waals surface area contributed by atoms with Crippen LogP contribution in [0.3, 0.4) is 0 Å². The molecule has 0 radical (unpaired) electrons. The molecule has 1 aromatic heterocycles. The van der Waals surface area contributed by atoms with Crippen LogP contribution in [0.5, 0.6) is 0 Å². The number of hydrogen-bond donors (Lipinski definition) is 0. The van der Waals surface area contributed by atoms with Crippen LogP contribution < -0.4 is 0 Å². The molecule has 7 heteroatoms. The Morgan fingerprint density at radius 1 is 1.14 bits per heavy atom. The topological polar surface area (TPSA) is 65.7 Å². The average Bonchev–Trinajstić information content (AvgIpc) is 3.38. The number of rotatable bonds is 6. The van der Waals surface area contributed by atoms with Crippen LogP contribution in [-0.2, 0) is 11.3 Å². The summed E-state index contributed by atoms with van der Waals surface area (Å²) < 4.78 is 5.38. The molecule has 0 spiro atoms. The minimum absolute atomic E-state index is 0.0922. The van der Waals surface area contributed by atoms with Gasteiger partial charge < -0.3 is 9.42 Å². The van der Waals surface area contributed by atoms with E-state index in [4.69, 9.17) is 4.52 Å². The molecule has 1 unspecified atom stereocenters. The van der Waals surface area contributed by atoms with E-state index in [1.807, 2.05) is 24.8 Å². The van der Waals surface area contributed by atoms with Crippen molar-refractivity contribution in [3.05, 3.63) is 47.6 Å². The van der Waals surface area contributed by atoms with E-state index in [0.717, 1.165) is 57.9 Å². The number of hydrogen-bond acceptors (Lipinski definition) is 6. The second-order valence-electron chi connectivity index (χ2n) is 8.42. The average molecular weight is 398 g/mol. The van der Waals surface area contributed by atoms with Gasteiger partial charge in [-0.25, -0.2) is 0 Å². The summed E-state index contributed by atoms with van der Waals surface area (Å²) in [7, 11) is 0. The summed E-state index contributed by atoms with van der Waals surface area (Å²) in [4.78, 5) is 24.1. The number of nitrogens with zero attached hydrogens (tertiary/aromatic N) is 5. The molecular formula is C22H31N5O2. The molecule has 1 atom stereocenters. The molecule has 4 rings (SSSR count). The van der Waals surface area contributed by atoms with Gasteiger partial charge in [-0.3, -0.25) is 14.6 Å². The highest BCUT2D eigenvalue weighted by Gasteiger charge is 2.33. The van der Waals surface area contributed by atoms with Crippen molar-refractivity contribution in [1.29, 1.82) is 0 Å². The van der Waals surface area contributed by atoms with Crippen molar-refractivity contribution in [3.8, 4) is 0 Å². The van der Waals surface area contributed by atoms with Gasteiger partial charge in [0.25, 0.3) is 0 Å². The number of piperazine rings is 1. The Kier molecular flexibility index (Phi) is 6.25. The van der Waals surface area contributed by atoms with Crippen LogP contribution in [0.15, 0.2) is 34.9 Å². The van der Waals surface area contributed by atoms with Gasteiger partial charge in [-0.15, -0.1) is 0 Å². The van der Waals surface area contributed by atoms with Crippen molar-refractivity contribution >= 4 is 5.91 Å². The van der Waals surface area contributed by atoms with E-state index >= 15 is 0 Å². The van der Waals surface area contributed by atoms with Gasteiger partial charge in [-0.05, 0) is 24.9 Å². The van der Waals surface area contributed by atoms with E-state index in [-0.39, 0.29) is 17.9 Å². The molecule has 7 nitrogen and oxygen atoms in total. The van der Waals surface area contributed by atoms with Crippen molar-refractivity contribution in [1.82, 2.24) is 24.8 Å². The van der Waals surface area contributed by atoms with Crippen molar-refractivity contribution in [3.63, 3.8) is 0 Å². The van der Waals surface area contributed by atoms with Gasteiger partial charge in [0.1, 0.15) is 0 Å². The SMILES string of the molecule is CC(C)c1nc(C2CCCN2CC(=O)N2CCN(Cc3ccccc3)CC2)no1. The fraction of sp³-hybridized carbons (Fsp3) is 0.591. The maximum atomic E-state index is 12.9. The zero-order valence-corrected chi connectivity index (χ0v) is 17.5. The first kappa shape index (κ1) is 20.0. The Bertz CT molecular complexity index is 799. The summed E-state index contributed by atoms with van der Waals surface area (Å²) in [5.74, 6) is 1.84. The molecule has 1 aromatic carbocycles.